The average Bonchev–Trinajstić information content (AvgIpc) is 2.93. The smallest absolute Gasteiger partial charge is 0.263 e. The number of nitrogens with one attached hydrogen (secondary N) is 1. The number of hydrogen-bond acceptors (Lipinski definition) is 3. The number of ether oxygens (including phenoxy) is 1. The lowest BCUT2D eigenvalue weighted by Crippen LogP contribution is -2.51. The number of likely N-dealkylation sites (N-methyl/N-ethyl adjacent to an activating group) is 1. The summed E-state index contributed by atoms with van der Waals surface area (Å²) in [7, 11) is 1.94. The van der Waals surface area contributed by atoms with E-state index in [0.29, 0.717) is 24.0 Å². The first-order valence-corrected chi connectivity index (χ1v) is 9.65. The summed E-state index contributed by atoms with van der Waals surface area (Å²) in [5.74, 6) is 1.35. The normalized spacial score (nSPS) is 26.6. The quantitative estimate of drug-likeness (QED) is 0.887. The first-order valence-electron chi connectivity index (χ1n) is 9.65. The number of benzene rings is 1. The van der Waals surface area contributed by atoms with Gasteiger partial charge in [0.2, 0.25) is 0 Å². The zero-order valence-corrected chi connectivity index (χ0v) is 16.2. The van der Waals surface area contributed by atoms with Crippen molar-refractivity contribution >= 4 is 5.91 Å². The van der Waals surface area contributed by atoms with E-state index in [2.05, 4.69) is 37.4 Å². The predicted octanol–water partition coefficient (Wildman–Crippen LogP) is 3.63. The van der Waals surface area contributed by atoms with Gasteiger partial charge in [-0.25, -0.2) is 0 Å². The molecule has 1 amide bonds. The Morgan fingerprint density at radius 2 is 1.84 bits per heavy atom. The van der Waals surface area contributed by atoms with E-state index in [1.807, 2.05) is 25.8 Å². The van der Waals surface area contributed by atoms with Crippen molar-refractivity contribution in [2.75, 3.05) is 7.05 Å². The highest BCUT2D eigenvalue weighted by molar-refractivity contribution is 5.81. The van der Waals surface area contributed by atoms with E-state index in [-0.39, 0.29) is 5.91 Å². The molecule has 2 aliphatic heterocycles. The molecular formula is C21H32N2O2. The molecule has 2 saturated heterocycles. The van der Waals surface area contributed by atoms with Gasteiger partial charge in [-0.3, -0.25) is 4.79 Å². The van der Waals surface area contributed by atoms with Crippen molar-refractivity contribution in [1.29, 1.82) is 0 Å². The van der Waals surface area contributed by atoms with E-state index in [4.69, 9.17) is 4.74 Å². The van der Waals surface area contributed by atoms with Crippen molar-refractivity contribution in [1.82, 2.24) is 10.2 Å². The van der Waals surface area contributed by atoms with E-state index >= 15 is 0 Å². The lowest BCUT2D eigenvalue weighted by atomic mass is 9.98. The fourth-order valence-electron chi connectivity index (χ4n) is 4.15. The Balaban J connectivity index is 1.65. The molecule has 2 bridgehead atoms. The van der Waals surface area contributed by atoms with Crippen LogP contribution < -0.4 is 10.1 Å². The number of nitrogens with zero attached hydrogens (tertiary/aromatic N) is 1. The zero-order valence-electron chi connectivity index (χ0n) is 16.2. The molecule has 0 aliphatic carbocycles. The Labute approximate surface area is 151 Å². The minimum Gasteiger partial charge on any atom is -0.481 e. The van der Waals surface area contributed by atoms with Crippen LogP contribution in [0.3, 0.4) is 0 Å². The van der Waals surface area contributed by atoms with Crippen molar-refractivity contribution < 1.29 is 9.53 Å². The molecule has 0 spiro atoms. The lowest BCUT2D eigenvalue weighted by Gasteiger charge is -2.36. The summed E-state index contributed by atoms with van der Waals surface area (Å²) in [6.07, 6.45) is 4.16. The van der Waals surface area contributed by atoms with Crippen LogP contribution in [-0.4, -0.2) is 42.1 Å². The third-order valence-corrected chi connectivity index (χ3v) is 5.87. The predicted molar refractivity (Wildman–Crippen MR) is 101 cm³/mol. The summed E-state index contributed by atoms with van der Waals surface area (Å²) in [6.45, 7) is 8.24. The summed E-state index contributed by atoms with van der Waals surface area (Å²) in [4.78, 5) is 14.8. The Bertz CT molecular complexity index is 616. The molecule has 1 N–H and O–H groups in total. The highest BCUT2D eigenvalue weighted by Crippen LogP contribution is 2.30. The van der Waals surface area contributed by atoms with Crippen molar-refractivity contribution in [3.8, 4) is 5.75 Å². The third kappa shape index (κ3) is 4.00. The highest BCUT2D eigenvalue weighted by Gasteiger charge is 2.37. The second-order valence-corrected chi connectivity index (χ2v) is 8.15. The number of hydrogen-bond donors (Lipinski definition) is 1. The van der Waals surface area contributed by atoms with Gasteiger partial charge in [-0.2, -0.15) is 0 Å². The maximum absolute atomic E-state index is 12.9. The van der Waals surface area contributed by atoms with Crippen LogP contribution in [0, 0.1) is 6.92 Å². The summed E-state index contributed by atoms with van der Waals surface area (Å²) >= 11 is 0. The van der Waals surface area contributed by atoms with Crippen molar-refractivity contribution in [3.05, 3.63) is 29.3 Å². The average molecular weight is 344 g/mol. The van der Waals surface area contributed by atoms with Crippen molar-refractivity contribution in [2.45, 2.75) is 83.5 Å². The van der Waals surface area contributed by atoms with Crippen LogP contribution in [0.2, 0.25) is 0 Å². The van der Waals surface area contributed by atoms with Gasteiger partial charge < -0.3 is 15.0 Å². The van der Waals surface area contributed by atoms with Gasteiger partial charge in [0.05, 0.1) is 0 Å². The van der Waals surface area contributed by atoms with Gasteiger partial charge in [-0.15, -0.1) is 0 Å². The SMILES string of the molecule is Cc1ccc(C(C)C)cc1OC(C)C(=O)N(C)C1CC2CCC(C1)N2. The summed E-state index contributed by atoms with van der Waals surface area (Å²) < 4.78 is 6.07. The molecule has 3 atom stereocenters. The summed E-state index contributed by atoms with van der Waals surface area (Å²) in [5, 5.41) is 3.64. The molecule has 25 heavy (non-hydrogen) atoms. The monoisotopic (exact) mass is 344 g/mol. The zero-order chi connectivity index (χ0) is 18.1. The fraction of sp³-hybridized carbons (Fsp3) is 0.667. The molecule has 138 valence electrons. The van der Waals surface area contributed by atoms with Gasteiger partial charge in [-0.05, 0) is 62.6 Å². The van der Waals surface area contributed by atoms with E-state index in [1.54, 1.807) is 0 Å². The number of rotatable bonds is 5. The maximum atomic E-state index is 12.9. The Morgan fingerprint density at radius 3 is 2.44 bits per heavy atom. The Morgan fingerprint density at radius 1 is 1.20 bits per heavy atom. The largest absolute Gasteiger partial charge is 0.481 e. The lowest BCUT2D eigenvalue weighted by molar-refractivity contribution is -0.139. The van der Waals surface area contributed by atoms with Gasteiger partial charge in [0.1, 0.15) is 5.75 Å². The van der Waals surface area contributed by atoms with Crippen LogP contribution in [0.5, 0.6) is 5.75 Å². The molecule has 2 aliphatic rings. The highest BCUT2D eigenvalue weighted by atomic mass is 16.5. The van der Waals surface area contributed by atoms with Crippen LogP contribution in [0.15, 0.2) is 18.2 Å². The first-order chi connectivity index (χ1) is 11.8. The van der Waals surface area contributed by atoms with Crippen LogP contribution in [0.1, 0.15) is 63.5 Å². The number of aryl methyl sites for hydroxylation is 1. The van der Waals surface area contributed by atoms with Gasteiger partial charge in [0.15, 0.2) is 6.10 Å². The topological polar surface area (TPSA) is 41.6 Å². The molecular weight excluding hydrogens is 312 g/mol. The van der Waals surface area contributed by atoms with Gasteiger partial charge in [0, 0.05) is 25.2 Å². The number of fused-ring (bicyclic) bond motifs is 2. The standard InChI is InChI=1S/C21H32N2O2/c1-13(2)16-7-6-14(3)20(10-16)25-15(4)21(24)23(5)19-11-17-8-9-18(12-19)22-17/h6-7,10,13,15,17-19,22H,8-9,11-12H2,1-5H3. The minimum atomic E-state index is -0.460. The Hall–Kier alpha value is -1.55. The maximum Gasteiger partial charge on any atom is 0.263 e. The molecule has 3 unspecified atom stereocenters. The number of carbonyl (C=O) groups is 1. The summed E-state index contributed by atoms with van der Waals surface area (Å²) in [6, 6.07) is 7.79. The van der Waals surface area contributed by atoms with Gasteiger partial charge in [0.25, 0.3) is 5.91 Å². The summed E-state index contributed by atoms with van der Waals surface area (Å²) in [5.41, 5.74) is 2.31. The third-order valence-electron chi connectivity index (χ3n) is 5.87. The number of amides is 1. The molecule has 0 radical (unpaired) electrons. The molecule has 1 aromatic carbocycles. The minimum absolute atomic E-state index is 0.0839. The van der Waals surface area contributed by atoms with E-state index in [9.17, 15) is 4.79 Å². The number of carbonyl (C=O) groups excluding carboxylic acids is 1. The van der Waals surface area contributed by atoms with E-state index in [1.165, 1.54) is 18.4 Å². The molecule has 0 aromatic heterocycles. The fourth-order valence-corrected chi connectivity index (χ4v) is 4.15. The van der Waals surface area contributed by atoms with E-state index < -0.39 is 6.10 Å². The van der Waals surface area contributed by atoms with Crippen LogP contribution in [0.25, 0.3) is 0 Å². The molecule has 4 heteroatoms. The molecule has 2 fully saturated rings. The second-order valence-electron chi connectivity index (χ2n) is 8.15. The van der Waals surface area contributed by atoms with Crippen LogP contribution in [-0.2, 0) is 4.79 Å². The van der Waals surface area contributed by atoms with Crippen LogP contribution in [0.4, 0.5) is 0 Å². The molecule has 0 saturated carbocycles. The molecule has 2 heterocycles. The molecule has 3 rings (SSSR count). The van der Waals surface area contributed by atoms with Gasteiger partial charge in [-0.1, -0.05) is 26.0 Å². The Kier molecular flexibility index (Phi) is 5.38. The van der Waals surface area contributed by atoms with Crippen molar-refractivity contribution in [3.63, 3.8) is 0 Å². The van der Waals surface area contributed by atoms with Crippen LogP contribution >= 0.6 is 0 Å². The van der Waals surface area contributed by atoms with Gasteiger partial charge >= 0.3 is 0 Å². The second kappa shape index (κ2) is 7.36. The van der Waals surface area contributed by atoms with E-state index in [0.717, 1.165) is 24.2 Å². The van der Waals surface area contributed by atoms with Crippen molar-refractivity contribution in [2.24, 2.45) is 0 Å². The number of piperidine rings is 1. The first kappa shape index (κ1) is 18.2. The molecule has 1 aromatic rings. The molecule has 4 nitrogen and oxygen atoms in total.